The van der Waals surface area contributed by atoms with Gasteiger partial charge in [0.05, 0.1) is 12.3 Å². The number of hydrogen-bond acceptors (Lipinski definition) is 5. The van der Waals surface area contributed by atoms with Crippen molar-refractivity contribution in [1.29, 1.82) is 0 Å². The molecule has 0 spiro atoms. The number of methoxy groups -OCH3 is 1. The van der Waals surface area contributed by atoms with E-state index in [9.17, 15) is 0 Å². The zero-order chi connectivity index (χ0) is 18.1. The third-order valence-electron chi connectivity index (χ3n) is 4.67. The van der Waals surface area contributed by atoms with E-state index in [0.717, 1.165) is 56.7 Å². The summed E-state index contributed by atoms with van der Waals surface area (Å²) in [4.78, 5) is 11.4. The number of aromatic nitrogens is 1. The van der Waals surface area contributed by atoms with Gasteiger partial charge in [-0.25, -0.2) is 9.98 Å². The summed E-state index contributed by atoms with van der Waals surface area (Å²) in [7, 11) is 1.76. The maximum atomic E-state index is 5.59. The van der Waals surface area contributed by atoms with E-state index in [-0.39, 0.29) is 0 Å². The Labute approximate surface area is 151 Å². The second-order valence-corrected chi connectivity index (χ2v) is 6.60. The summed E-state index contributed by atoms with van der Waals surface area (Å²) in [5.74, 6) is 3.05. The van der Waals surface area contributed by atoms with Gasteiger partial charge in [-0.1, -0.05) is 0 Å². The predicted molar refractivity (Wildman–Crippen MR) is 99.8 cm³/mol. The first kappa shape index (κ1) is 19.7. The summed E-state index contributed by atoms with van der Waals surface area (Å²) >= 11 is 0. The Morgan fingerprint density at radius 1 is 1.32 bits per heavy atom. The maximum absolute atomic E-state index is 5.59. The summed E-state index contributed by atoms with van der Waals surface area (Å²) in [6.07, 6.45) is 2.43. The molecule has 7 heteroatoms. The maximum Gasteiger partial charge on any atom is 0.216 e. The Balaban J connectivity index is 1.76. The molecule has 2 rings (SSSR count). The Bertz CT molecular complexity index is 516. The van der Waals surface area contributed by atoms with E-state index in [1.807, 2.05) is 13.8 Å². The number of oxazole rings is 1. The molecule has 0 aliphatic carbocycles. The van der Waals surface area contributed by atoms with Crippen molar-refractivity contribution in [3.8, 4) is 0 Å². The molecule has 1 aliphatic heterocycles. The van der Waals surface area contributed by atoms with E-state index in [0.29, 0.717) is 18.4 Å². The van der Waals surface area contributed by atoms with Crippen LogP contribution >= 0.6 is 0 Å². The number of likely N-dealkylation sites (tertiary alicyclic amines) is 1. The molecule has 25 heavy (non-hydrogen) atoms. The summed E-state index contributed by atoms with van der Waals surface area (Å²) in [6, 6.07) is 0. The molecule has 0 amide bonds. The third-order valence-corrected chi connectivity index (χ3v) is 4.67. The lowest BCUT2D eigenvalue weighted by molar-refractivity contribution is 0.121. The van der Waals surface area contributed by atoms with Crippen LogP contribution in [0.25, 0.3) is 0 Å². The summed E-state index contributed by atoms with van der Waals surface area (Å²) in [5, 5.41) is 6.76. The lowest BCUT2D eigenvalue weighted by Crippen LogP contribution is -2.43. The lowest BCUT2D eigenvalue weighted by atomic mass is 9.97. The zero-order valence-corrected chi connectivity index (χ0v) is 16.1. The molecule has 0 aromatic carbocycles. The summed E-state index contributed by atoms with van der Waals surface area (Å²) in [5.41, 5.74) is 0.934. The average Bonchev–Trinajstić information content (AvgIpc) is 2.94. The van der Waals surface area contributed by atoms with Gasteiger partial charge >= 0.3 is 0 Å². The topological polar surface area (TPSA) is 74.9 Å². The van der Waals surface area contributed by atoms with Gasteiger partial charge in [0.15, 0.2) is 5.96 Å². The second kappa shape index (κ2) is 10.4. The van der Waals surface area contributed by atoms with Crippen molar-refractivity contribution in [3.63, 3.8) is 0 Å². The second-order valence-electron chi connectivity index (χ2n) is 6.60. The van der Waals surface area contributed by atoms with Crippen molar-refractivity contribution in [2.75, 3.05) is 46.4 Å². The van der Waals surface area contributed by atoms with E-state index in [1.54, 1.807) is 7.11 Å². The molecule has 1 saturated heterocycles. The summed E-state index contributed by atoms with van der Waals surface area (Å²) in [6.45, 7) is 12.4. The molecule has 1 aliphatic rings. The van der Waals surface area contributed by atoms with Gasteiger partial charge in [-0.3, -0.25) is 0 Å². The summed E-state index contributed by atoms with van der Waals surface area (Å²) < 4.78 is 10.8. The third kappa shape index (κ3) is 6.66. The molecule has 0 unspecified atom stereocenters. The monoisotopic (exact) mass is 351 g/mol. The number of rotatable bonds is 8. The highest BCUT2D eigenvalue weighted by Crippen LogP contribution is 2.16. The van der Waals surface area contributed by atoms with Crippen molar-refractivity contribution in [1.82, 2.24) is 20.5 Å². The standard InChI is InChI=1S/C18H33N5O2/c1-5-19-18(21-13-17-22-14(2)15(3)25-17)20-12-16-6-8-23(9-7-16)10-11-24-4/h16H,5-13H2,1-4H3,(H2,19,20,21). The Kier molecular flexibility index (Phi) is 8.21. The molecule has 1 aromatic heterocycles. The van der Waals surface area contributed by atoms with E-state index >= 15 is 0 Å². The van der Waals surface area contributed by atoms with Crippen LogP contribution in [0.5, 0.6) is 0 Å². The first-order valence-electron chi connectivity index (χ1n) is 9.28. The van der Waals surface area contributed by atoms with Gasteiger partial charge in [0, 0.05) is 26.7 Å². The molecule has 142 valence electrons. The van der Waals surface area contributed by atoms with Crippen LogP contribution in [0.3, 0.4) is 0 Å². The average molecular weight is 351 g/mol. The number of aryl methyl sites for hydroxylation is 2. The molecule has 0 radical (unpaired) electrons. The van der Waals surface area contributed by atoms with Crippen LogP contribution in [0.1, 0.15) is 37.1 Å². The quantitative estimate of drug-likeness (QED) is 0.549. The zero-order valence-electron chi connectivity index (χ0n) is 16.1. The SMILES string of the molecule is CCNC(=NCc1nc(C)c(C)o1)NCC1CCN(CCOC)CC1. The van der Waals surface area contributed by atoms with Crippen molar-refractivity contribution in [3.05, 3.63) is 17.3 Å². The largest absolute Gasteiger partial charge is 0.444 e. The van der Waals surface area contributed by atoms with Crippen LogP contribution in [0, 0.1) is 19.8 Å². The first-order valence-corrected chi connectivity index (χ1v) is 9.28. The Hall–Kier alpha value is -1.60. The number of nitrogens with zero attached hydrogens (tertiary/aromatic N) is 3. The smallest absolute Gasteiger partial charge is 0.216 e. The predicted octanol–water partition coefficient (Wildman–Crippen LogP) is 1.70. The minimum absolute atomic E-state index is 0.458. The van der Waals surface area contributed by atoms with Gasteiger partial charge in [-0.2, -0.15) is 0 Å². The molecule has 7 nitrogen and oxygen atoms in total. The first-order chi connectivity index (χ1) is 12.1. The van der Waals surface area contributed by atoms with Crippen LogP contribution in [-0.2, 0) is 11.3 Å². The van der Waals surface area contributed by atoms with Gasteiger partial charge in [-0.15, -0.1) is 0 Å². The number of nitrogens with one attached hydrogen (secondary N) is 2. The van der Waals surface area contributed by atoms with Crippen molar-refractivity contribution in [2.45, 2.75) is 40.2 Å². The molecule has 0 atom stereocenters. The van der Waals surface area contributed by atoms with Gasteiger partial charge < -0.3 is 24.7 Å². The molecule has 1 fully saturated rings. The minimum atomic E-state index is 0.458. The van der Waals surface area contributed by atoms with E-state index < -0.39 is 0 Å². The highest BCUT2D eigenvalue weighted by molar-refractivity contribution is 5.79. The molecule has 0 bridgehead atoms. The van der Waals surface area contributed by atoms with E-state index in [4.69, 9.17) is 9.15 Å². The Morgan fingerprint density at radius 3 is 2.68 bits per heavy atom. The van der Waals surface area contributed by atoms with Crippen LogP contribution < -0.4 is 10.6 Å². The molecule has 2 N–H and O–H groups in total. The van der Waals surface area contributed by atoms with Gasteiger partial charge in [0.25, 0.3) is 0 Å². The van der Waals surface area contributed by atoms with Crippen LogP contribution in [0.15, 0.2) is 9.41 Å². The fraction of sp³-hybridized carbons (Fsp3) is 0.778. The van der Waals surface area contributed by atoms with Crippen LogP contribution in [0.4, 0.5) is 0 Å². The highest BCUT2D eigenvalue weighted by atomic mass is 16.5. The number of ether oxygens (including phenoxy) is 1. The molecular formula is C18H33N5O2. The molecule has 0 saturated carbocycles. The van der Waals surface area contributed by atoms with Gasteiger partial charge in [0.1, 0.15) is 12.3 Å². The van der Waals surface area contributed by atoms with E-state index in [2.05, 4.69) is 32.4 Å². The van der Waals surface area contributed by atoms with Crippen molar-refractivity contribution in [2.24, 2.45) is 10.9 Å². The number of aliphatic imine (C=N–C) groups is 1. The lowest BCUT2D eigenvalue weighted by Gasteiger charge is -2.32. The number of guanidine groups is 1. The van der Waals surface area contributed by atoms with Gasteiger partial charge in [-0.05, 0) is 52.6 Å². The van der Waals surface area contributed by atoms with Crippen molar-refractivity contribution >= 4 is 5.96 Å². The minimum Gasteiger partial charge on any atom is -0.444 e. The fourth-order valence-corrected chi connectivity index (χ4v) is 2.97. The normalized spacial score (nSPS) is 17.0. The number of hydrogen-bond donors (Lipinski definition) is 2. The fourth-order valence-electron chi connectivity index (χ4n) is 2.97. The van der Waals surface area contributed by atoms with Crippen molar-refractivity contribution < 1.29 is 9.15 Å². The highest BCUT2D eigenvalue weighted by Gasteiger charge is 2.19. The van der Waals surface area contributed by atoms with Crippen LogP contribution in [-0.4, -0.2) is 62.3 Å². The molecular weight excluding hydrogens is 318 g/mol. The molecule has 2 heterocycles. The molecule has 1 aromatic rings. The van der Waals surface area contributed by atoms with Gasteiger partial charge in [0.2, 0.25) is 5.89 Å². The number of piperidine rings is 1. The van der Waals surface area contributed by atoms with Crippen LogP contribution in [0.2, 0.25) is 0 Å². The van der Waals surface area contributed by atoms with E-state index in [1.165, 1.54) is 12.8 Å². The Morgan fingerprint density at radius 2 is 2.08 bits per heavy atom.